The van der Waals surface area contributed by atoms with E-state index in [1.807, 2.05) is 20.8 Å². The smallest absolute Gasteiger partial charge is 0.334 e. The molecule has 1 heterocycles. The maximum atomic E-state index is 12.5. The Morgan fingerprint density at radius 1 is 1.53 bits per heavy atom. The largest absolute Gasteiger partial charge is 0.479 e. The predicted octanol–water partition coefficient (Wildman–Crippen LogP) is 1.18. The highest BCUT2D eigenvalue weighted by molar-refractivity contribution is 5.78. The number of nitrogens with zero attached hydrogens (tertiary/aromatic N) is 2. The van der Waals surface area contributed by atoms with E-state index >= 15 is 0 Å². The number of amides is 2. The number of hydrogen-bond acceptors (Lipinski definition) is 3. The summed E-state index contributed by atoms with van der Waals surface area (Å²) in [6.07, 6.45) is 0.724. The van der Waals surface area contributed by atoms with E-state index in [0.29, 0.717) is 13.1 Å². The summed E-state index contributed by atoms with van der Waals surface area (Å²) < 4.78 is 5.11. The van der Waals surface area contributed by atoms with Gasteiger partial charge in [0.25, 0.3) is 0 Å². The number of ether oxygens (including phenoxy) is 1. The van der Waals surface area contributed by atoms with Crippen LogP contribution in [0.15, 0.2) is 12.7 Å². The first-order chi connectivity index (χ1) is 8.77. The molecule has 19 heavy (non-hydrogen) atoms. The van der Waals surface area contributed by atoms with Crippen molar-refractivity contribution in [1.82, 2.24) is 9.80 Å². The molecule has 108 valence electrons. The van der Waals surface area contributed by atoms with E-state index < -0.39 is 12.1 Å². The van der Waals surface area contributed by atoms with Crippen LogP contribution in [0.5, 0.6) is 0 Å². The van der Waals surface area contributed by atoms with Gasteiger partial charge in [0.05, 0.1) is 13.2 Å². The summed E-state index contributed by atoms with van der Waals surface area (Å²) in [5.74, 6) is -1.04. The highest BCUT2D eigenvalue weighted by Gasteiger charge is 2.34. The van der Waals surface area contributed by atoms with Crippen LogP contribution in [0.1, 0.15) is 20.8 Å². The van der Waals surface area contributed by atoms with Crippen LogP contribution in [-0.4, -0.2) is 64.8 Å². The Labute approximate surface area is 113 Å². The summed E-state index contributed by atoms with van der Waals surface area (Å²) in [7, 11) is 0. The molecule has 1 fully saturated rings. The lowest BCUT2D eigenvalue weighted by Crippen LogP contribution is -2.57. The molecule has 1 N–H and O–H groups in total. The van der Waals surface area contributed by atoms with Crippen LogP contribution < -0.4 is 0 Å². The molecule has 0 aromatic heterocycles. The number of hydrogen-bond donors (Lipinski definition) is 1. The zero-order valence-corrected chi connectivity index (χ0v) is 11.8. The van der Waals surface area contributed by atoms with Gasteiger partial charge in [0.1, 0.15) is 0 Å². The number of aliphatic carboxylic acids is 1. The number of carbonyl (C=O) groups is 2. The molecular weight excluding hydrogens is 248 g/mol. The van der Waals surface area contributed by atoms with Crippen LogP contribution in [0.3, 0.4) is 0 Å². The molecule has 0 aromatic rings. The minimum Gasteiger partial charge on any atom is -0.479 e. The summed E-state index contributed by atoms with van der Waals surface area (Å²) >= 11 is 0. The lowest BCUT2D eigenvalue weighted by atomic mass is 10.1. The lowest BCUT2D eigenvalue weighted by molar-refractivity contribution is -0.154. The van der Waals surface area contributed by atoms with Crippen molar-refractivity contribution in [2.75, 3.05) is 26.2 Å². The van der Waals surface area contributed by atoms with Gasteiger partial charge in [-0.05, 0) is 20.8 Å². The average molecular weight is 270 g/mol. The monoisotopic (exact) mass is 270 g/mol. The molecule has 2 amide bonds. The Bertz CT molecular complexity index is 362. The SMILES string of the molecule is C=CCN(C(=O)N1CCOC(C(=O)O)C1)C(C)(C)C. The summed E-state index contributed by atoms with van der Waals surface area (Å²) in [4.78, 5) is 26.6. The summed E-state index contributed by atoms with van der Waals surface area (Å²) in [5.41, 5.74) is -0.345. The van der Waals surface area contributed by atoms with E-state index in [4.69, 9.17) is 9.84 Å². The van der Waals surface area contributed by atoms with Crippen molar-refractivity contribution in [3.8, 4) is 0 Å². The van der Waals surface area contributed by atoms with Crippen LogP contribution in [-0.2, 0) is 9.53 Å². The van der Waals surface area contributed by atoms with Crippen molar-refractivity contribution in [2.24, 2.45) is 0 Å². The standard InChI is InChI=1S/C13H22N2O4/c1-5-6-15(13(2,3)4)12(18)14-7-8-19-10(9-14)11(16)17/h5,10H,1,6-9H2,2-4H3,(H,16,17). The van der Waals surface area contributed by atoms with Crippen LogP contribution >= 0.6 is 0 Å². The Balaban J connectivity index is 2.79. The Kier molecular flexibility index (Phi) is 4.94. The molecule has 0 spiro atoms. The van der Waals surface area contributed by atoms with Gasteiger partial charge in [0.15, 0.2) is 6.10 Å². The minimum absolute atomic E-state index is 0.0812. The van der Waals surface area contributed by atoms with Gasteiger partial charge in [-0.2, -0.15) is 0 Å². The fourth-order valence-corrected chi connectivity index (χ4v) is 1.91. The van der Waals surface area contributed by atoms with E-state index in [9.17, 15) is 9.59 Å². The first kappa shape index (κ1) is 15.5. The molecule has 6 nitrogen and oxygen atoms in total. The summed E-state index contributed by atoms with van der Waals surface area (Å²) in [6, 6.07) is -0.179. The number of morpholine rings is 1. The van der Waals surface area contributed by atoms with Crippen LogP contribution in [0.25, 0.3) is 0 Å². The van der Waals surface area contributed by atoms with Gasteiger partial charge in [-0.3, -0.25) is 0 Å². The van der Waals surface area contributed by atoms with Crippen molar-refractivity contribution in [3.05, 3.63) is 12.7 Å². The Morgan fingerprint density at radius 3 is 2.63 bits per heavy atom. The van der Waals surface area contributed by atoms with Crippen molar-refractivity contribution in [1.29, 1.82) is 0 Å². The molecule has 1 saturated heterocycles. The number of carboxylic acid groups (broad SMARTS) is 1. The van der Waals surface area contributed by atoms with Crippen LogP contribution in [0.4, 0.5) is 4.79 Å². The third-order valence-electron chi connectivity index (χ3n) is 2.96. The molecule has 1 rings (SSSR count). The van der Waals surface area contributed by atoms with Gasteiger partial charge in [0, 0.05) is 18.6 Å². The maximum Gasteiger partial charge on any atom is 0.334 e. The fourth-order valence-electron chi connectivity index (χ4n) is 1.91. The molecule has 0 aliphatic carbocycles. The molecule has 0 saturated carbocycles. The van der Waals surface area contributed by atoms with Gasteiger partial charge in [0.2, 0.25) is 0 Å². The first-order valence-electron chi connectivity index (χ1n) is 6.29. The molecule has 1 aliphatic rings. The molecule has 1 atom stereocenters. The summed E-state index contributed by atoms with van der Waals surface area (Å²) in [5, 5.41) is 8.95. The number of rotatable bonds is 3. The van der Waals surface area contributed by atoms with E-state index in [1.54, 1.807) is 11.0 Å². The summed E-state index contributed by atoms with van der Waals surface area (Å²) in [6.45, 7) is 10.6. The second kappa shape index (κ2) is 6.06. The molecule has 6 heteroatoms. The highest BCUT2D eigenvalue weighted by Crippen LogP contribution is 2.17. The number of carboxylic acids is 1. The van der Waals surface area contributed by atoms with E-state index in [2.05, 4.69) is 6.58 Å². The Hall–Kier alpha value is -1.56. The maximum absolute atomic E-state index is 12.5. The number of urea groups is 1. The number of carbonyl (C=O) groups excluding carboxylic acids is 1. The molecule has 1 unspecified atom stereocenters. The zero-order valence-electron chi connectivity index (χ0n) is 11.8. The second-order valence-electron chi connectivity index (χ2n) is 5.50. The topological polar surface area (TPSA) is 70.1 Å². The van der Waals surface area contributed by atoms with Crippen molar-refractivity contribution in [2.45, 2.75) is 32.4 Å². The lowest BCUT2D eigenvalue weighted by Gasteiger charge is -2.40. The van der Waals surface area contributed by atoms with Gasteiger partial charge < -0.3 is 19.6 Å². The van der Waals surface area contributed by atoms with Crippen molar-refractivity contribution in [3.63, 3.8) is 0 Å². The van der Waals surface area contributed by atoms with Gasteiger partial charge in [-0.15, -0.1) is 6.58 Å². The first-order valence-corrected chi connectivity index (χ1v) is 6.29. The van der Waals surface area contributed by atoms with Crippen LogP contribution in [0, 0.1) is 0 Å². The fraction of sp³-hybridized carbons (Fsp3) is 0.692. The normalized spacial score (nSPS) is 19.9. The molecular formula is C13H22N2O4. The molecule has 0 bridgehead atoms. The van der Waals surface area contributed by atoms with Gasteiger partial charge in [-0.25, -0.2) is 9.59 Å². The van der Waals surface area contributed by atoms with Gasteiger partial charge in [-0.1, -0.05) is 6.08 Å². The predicted molar refractivity (Wildman–Crippen MR) is 71.0 cm³/mol. The third-order valence-corrected chi connectivity index (χ3v) is 2.96. The third kappa shape index (κ3) is 3.96. The highest BCUT2D eigenvalue weighted by atomic mass is 16.5. The van der Waals surface area contributed by atoms with E-state index in [-0.39, 0.29) is 24.7 Å². The minimum atomic E-state index is -1.04. The average Bonchev–Trinajstić information content (AvgIpc) is 2.34. The zero-order chi connectivity index (χ0) is 14.6. The van der Waals surface area contributed by atoms with E-state index in [0.717, 1.165) is 0 Å². The Morgan fingerprint density at radius 2 is 2.16 bits per heavy atom. The molecule has 0 radical (unpaired) electrons. The molecule has 0 aromatic carbocycles. The van der Waals surface area contributed by atoms with Crippen molar-refractivity contribution < 1.29 is 19.4 Å². The van der Waals surface area contributed by atoms with Gasteiger partial charge >= 0.3 is 12.0 Å². The van der Waals surface area contributed by atoms with Crippen LogP contribution in [0.2, 0.25) is 0 Å². The quantitative estimate of drug-likeness (QED) is 0.782. The second-order valence-corrected chi connectivity index (χ2v) is 5.50. The van der Waals surface area contributed by atoms with E-state index in [1.165, 1.54) is 4.90 Å². The molecule has 1 aliphatic heterocycles. The van der Waals surface area contributed by atoms with Crippen molar-refractivity contribution >= 4 is 12.0 Å².